The number of carboxylic acids is 1. The van der Waals surface area contributed by atoms with Crippen molar-refractivity contribution in [3.05, 3.63) is 29.3 Å². The molecule has 0 spiro atoms. The second-order valence-corrected chi connectivity index (χ2v) is 5.73. The smallest absolute Gasteiger partial charge is 0.303 e. The van der Waals surface area contributed by atoms with Gasteiger partial charge in [-0.3, -0.25) is 4.79 Å². The van der Waals surface area contributed by atoms with Crippen molar-refractivity contribution in [2.75, 3.05) is 6.54 Å². The minimum atomic E-state index is -3.50. The van der Waals surface area contributed by atoms with E-state index in [0.29, 0.717) is 24.1 Å². The van der Waals surface area contributed by atoms with Crippen LogP contribution in [0, 0.1) is 6.92 Å². The highest BCUT2D eigenvalue weighted by molar-refractivity contribution is 7.89. The van der Waals surface area contributed by atoms with E-state index in [-0.39, 0.29) is 11.3 Å². The Balaban J connectivity index is 3.05. The fourth-order valence-electron chi connectivity index (χ4n) is 1.61. The lowest BCUT2D eigenvalue weighted by Gasteiger charge is -2.09. The molecule has 5 nitrogen and oxygen atoms in total. The minimum absolute atomic E-state index is 0.0102. The zero-order valence-electron chi connectivity index (χ0n) is 10.4. The Morgan fingerprint density at radius 3 is 2.61 bits per heavy atom. The molecule has 0 bridgehead atoms. The van der Waals surface area contributed by atoms with Crippen molar-refractivity contribution >= 4 is 16.0 Å². The molecule has 0 aliphatic heterocycles. The Kier molecular flexibility index (Phi) is 4.86. The zero-order valence-corrected chi connectivity index (χ0v) is 11.3. The summed E-state index contributed by atoms with van der Waals surface area (Å²) in [5.74, 6) is -0.897. The third kappa shape index (κ3) is 3.82. The van der Waals surface area contributed by atoms with Gasteiger partial charge in [-0.2, -0.15) is 0 Å². The predicted molar refractivity (Wildman–Crippen MR) is 68.0 cm³/mol. The number of nitrogens with one attached hydrogen (secondary N) is 1. The van der Waals surface area contributed by atoms with E-state index < -0.39 is 16.0 Å². The molecular formula is C12H17NO4S. The van der Waals surface area contributed by atoms with Crippen LogP contribution in [0.15, 0.2) is 23.1 Å². The van der Waals surface area contributed by atoms with Crippen molar-refractivity contribution in [3.8, 4) is 0 Å². The van der Waals surface area contributed by atoms with Crippen LogP contribution in [-0.2, 0) is 21.2 Å². The number of hydrogen-bond donors (Lipinski definition) is 2. The molecule has 1 aromatic rings. The Bertz CT molecular complexity index is 537. The SMILES string of the molecule is CCNS(=O)(=O)c1cc(CCC(=O)O)ccc1C. The summed E-state index contributed by atoms with van der Waals surface area (Å²) in [6, 6.07) is 4.99. The van der Waals surface area contributed by atoms with Gasteiger partial charge in [0.1, 0.15) is 0 Å². The molecule has 0 aliphatic rings. The van der Waals surface area contributed by atoms with Crippen molar-refractivity contribution < 1.29 is 18.3 Å². The van der Waals surface area contributed by atoms with Gasteiger partial charge in [0.2, 0.25) is 10.0 Å². The van der Waals surface area contributed by atoms with Gasteiger partial charge >= 0.3 is 5.97 Å². The quantitative estimate of drug-likeness (QED) is 0.817. The number of carbonyl (C=O) groups is 1. The molecule has 0 radical (unpaired) electrons. The summed E-state index contributed by atoms with van der Waals surface area (Å²) >= 11 is 0. The summed E-state index contributed by atoms with van der Waals surface area (Å²) in [6.07, 6.45) is 0.314. The van der Waals surface area contributed by atoms with E-state index in [2.05, 4.69) is 4.72 Å². The van der Waals surface area contributed by atoms with Crippen LogP contribution in [0.1, 0.15) is 24.5 Å². The van der Waals surface area contributed by atoms with Gasteiger partial charge in [0, 0.05) is 13.0 Å². The topological polar surface area (TPSA) is 83.5 Å². The normalized spacial score (nSPS) is 11.4. The molecule has 2 N–H and O–H groups in total. The number of sulfonamides is 1. The minimum Gasteiger partial charge on any atom is -0.481 e. The zero-order chi connectivity index (χ0) is 13.8. The average Bonchev–Trinajstić information content (AvgIpc) is 2.27. The molecule has 0 unspecified atom stereocenters. The van der Waals surface area contributed by atoms with E-state index in [1.165, 1.54) is 6.07 Å². The fraction of sp³-hybridized carbons (Fsp3) is 0.417. The maximum absolute atomic E-state index is 11.9. The molecule has 0 saturated carbocycles. The summed E-state index contributed by atoms with van der Waals surface area (Å²) in [5, 5.41) is 8.61. The van der Waals surface area contributed by atoms with Gasteiger partial charge in [0.15, 0.2) is 0 Å². The van der Waals surface area contributed by atoms with E-state index in [0.717, 1.165) is 0 Å². The van der Waals surface area contributed by atoms with Crippen molar-refractivity contribution in [2.24, 2.45) is 0 Å². The first-order chi connectivity index (χ1) is 8.36. The molecule has 0 aliphatic carbocycles. The van der Waals surface area contributed by atoms with Gasteiger partial charge in [-0.05, 0) is 30.5 Å². The summed E-state index contributed by atoms with van der Waals surface area (Å²) in [4.78, 5) is 10.7. The molecule has 100 valence electrons. The van der Waals surface area contributed by atoms with Crippen LogP contribution in [0.2, 0.25) is 0 Å². The molecule has 0 fully saturated rings. The van der Waals surface area contributed by atoms with E-state index in [4.69, 9.17) is 5.11 Å². The van der Waals surface area contributed by atoms with Crippen LogP contribution < -0.4 is 4.72 Å². The van der Waals surface area contributed by atoms with Gasteiger partial charge in [0.05, 0.1) is 4.90 Å². The van der Waals surface area contributed by atoms with Crippen molar-refractivity contribution in [3.63, 3.8) is 0 Å². The Hall–Kier alpha value is -1.40. The lowest BCUT2D eigenvalue weighted by molar-refractivity contribution is -0.136. The van der Waals surface area contributed by atoms with E-state index in [9.17, 15) is 13.2 Å². The van der Waals surface area contributed by atoms with Crippen LogP contribution in [0.25, 0.3) is 0 Å². The second-order valence-electron chi connectivity index (χ2n) is 3.99. The highest BCUT2D eigenvalue weighted by Crippen LogP contribution is 2.17. The molecule has 0 atom stereocenters. The third-order valence-electron chi connectivity index (χ3n) is 2.50. The number of rotatable bonds is 6. The number of hydrogen-bond acceptors (Lipinski definition) is 3. The highest BCUT2D eigenvalue weighted by atomic mass is 32.2. The van der Waals surface area contributed by atoms with Crippen LogP contribution in [-0.4, -0.2) is 26.0 Å². The van der Waals surface area contributed by atoms with E-state index >= 15 is 0 Å². The monoisotopic (exact) mass is 271 g/mol. The summed E-state index contributed by atoms with van der Waals surface area (Å²) < 4.78 is 26.3. The first-order valence-electron chi connectivity index (χ1n) is 5.68. The van der Waals surface area contributed by atoms with Crippen LogP contribution in [0.5, 0.6) is 0 Å². The lowest BCUT2D eigenvalue weighted by Crippen LogP contribution is -2.24. The first-order valence-corrected chi connectivity index (χ1v) is 7.16. The molecule has 18 heavy (non-hydrogen) atoms. The lowest BCUT2D eigenvalue weighted by atomic mass is 10.1. The first kappa shape index (κ1) is 14.7. The van der Waals surface area contributed by atoms with E-state index in [1.807, 2.05) is 0 Å². The number of aryl methyl sites for hydroxylation is 2. The maximum Gasteiger partial charge on any atom is 0.303 e. The molecule has 0 heterocycles. The van der Waals surface area contributed by atoms with Crippen molar-refractivity contribution in [1.29, 1.82) is 0 Å². The van der Waals surface area contributed by atoms with Gasteiger partial charge in [-0.15, -0.1) is 0 Å². The molecule has 6 heteroatoms. The molecule has 0 saturated heterocycles. The van der Waals surface area contributed by atoms with Crippen LogP contribution in [0.4, 0.5) is 0 Å². The summed E-state index contributed by atoms with van der Waals surface area (Å²) in [7, 11) is -3.50. The van der Waals surface area contributed by atoms with Crippen LogP contribution in [0.3, 0.4) is 0 Å². The Morgan fingerprint density at radius 1 is 1.39 bits per heavy atom. The van der Waals surface area contributed by atoms with Crippen LogP contribution >= 0.6 is 0 Å². The van der Waals surface area contributed by atoms with Crippen molar-refractivity contribution in [2.45, 2.75) is 31.6 Å². The molecular weight excluding hydrogens is 254 g/mol. The van der Waals surface area contributed by atoms with E-state index in [1.54, 1.807) is 26.0 Å². The van der Waals surface area contributed by atoms with Gasteiger partial charge < -0.3 is 5.11 Å². The Morgan fingerprint density at radius 2 is 2.06 bits per heavy atom. The summed E-state index contributed by atoms with van der Waals surface area (Å²) in [6.45, 7) is 3.74. The summed E-state index contributed by atoms with van der Waals surface area (Å²) in [5.41, 5.74) is 1.36. The average molecular weight is 271 g/mol. The fourth-order valence-corrected chi connectivity index (χ4v) is 2.94. The number of carboxylic acid groups (broad SMARTS) is 1. The number of benzene rings is 1. The molecule has 1 rings (SSSR count). The van der Waals surface area contributed by atoms with Gasteiger partial charge in [-0.1, -0.05) is 19.1 Å². The molecule has 0 aromatic heterocycles. The maximum atomic E-state index is 11.9. The second kappa shape index (κ2) is 5.97. The van der Waals surface area contributed by atoms with Crippen molar-refractivity contribution in [1.82, 2.24) is 4.72 Å². The standard InChI is InChI=1S/C12H17NO4S/c1-3-13-18(16,17)11-8-10(5-4-9(11)2)6-7-12(14)15/h4-5,8,13H,3,6-7H2,1-2H3,(H,14,15). The Labute approximate surface area is 107 Å². The predicted octanol–water partition coefficient (Wildman–Crippen LogP) is 1.31. The molecule has 1 aromatic carbocycles. The number of aliphatic carboxylic acids is 1. The highest BCUT2D eigenvalue weighted by Gasteiger charge is 2.16. The van der Waals surface area contributed by atoms with Gasteiger partial charge in [0.25, 0.3) is 0 Å². The van der Waals surface area contributed by atoms with Gasteiger partial charge in [-0.25, -0.2) is 13.1 Å². The third-order valence-corrected chi connectivity index (χ3v) is 4.19. The molecule has 0 amide bonds. The largest absolute Gasteiger partial charge is 0.481 e.